The Hall–Kier alpha value is -3.35. The molecule has 3 rings (SSSR count). The zero-order valence-corrected chi connectivity index (χ0v) is 16.5. The number of nitrogens with zero attached hydrogens (tertiary/aromatic N) is 2. The molecular formula is C22H25N3O4. The van der Waals surface area contributed by atoms with Crippen LogP contribution in [0.15, 0.2) is 48.5 Å². The molecule has 0 aromatic heterocycles. The topological polar surface area (TPSA) is 92.9 Å². The van der Waals surface area contributed by atoms with Crippen LogP contribution in [0.25, 0.3) is 0 Å². The predicted molar refractivity (Wildman–Crippen MR) is 111 cm³/mol. The van der Waals surface area contributed by atoms with Crippen LogP contribution in [0.2, 0.25) is 0 Å². The Balaban J connectivity index is 1.77. The number of nitrogens with two attached hydrogens (primary N) is 1. The quantitative estimate of drug-likeness (QED) is 0.742. The van der Waals surface area contributed by atoms with Crippen molar-refractivity contribution in [2.45, 2.75) is 25.7 Å². The molecule has 3 amide bonds. The maximum absolute atomic E-state index is 13.0. The summed E-state index contributed by atoms with van der Waals surface area (Å²) < 4.78 is 5.37. The Labute approximate surface area is 170 Å². The summed E-state index contributed by atoms with van der Waals surface area (Å²) in [6.07, 6.45) is 1.66. The summed E-state index contributed by atoms with van der Waals surface area (Å²) in [5.74, 6) is 0.0360. The molecule has 0 unspecified atom stereocenters. The molecule has 2 aromatic rings. The summed E-state index contributed by atoms with van der Waals surface area (Å²) in [5.41, 5.74) is 7.56. The van der Waals surface area contributed by atoms with Crippen molar-refractivity contribution in [1.82, 2.24) is 0 Å². The highest BCUT2D eigenvalue weighted by Gasteiger charge is 2.23. The van der Waals surface area contributed by atoms with Crippen molar-refractivity contribution < 1.29 is 19.1 Å². The molecule has 0 bridgehead atoms. The summed E-state index contributed by atoms with van der Waals surface area (Å²) in [4.78, 5) is 39.5. The predicted octanol–water partition coefficient (Wildman–Crippen LogP) is 2.27. The SMILES string of the molecule is COc1ccccc1N(CCC(N)=O)C(=O)Cc1ccc(N2CCCC2=O)cc1. The van der Waals surface area contributed by atoms with Gasteiger partial charge in [-0.05, 0) is 36.2 Å². The normalized spacial score (nSPS) is 13.4. The second kappa shape index (κ2) is 9.23. The molecule has 1 heterocycles. The van der Waals surface area contributed by atoms with Gasteiger partial charge >= 0.3 is 0 Å². The van der Waals surface area contributed by atoms with E-state index >= 15 is 0 Å². The van der Waals surface area contributed by atoms with Gasteiger partial charge in [-0.15, -0.1) is 0 Å². The van der Waals surface area contributed by atoms with Crippen LogP contribution in [0.1, 0.15) is 24.8 Å². The third kappa shape index (κ3) is 4.93. The first-order valence-corrected chi connectivity index (χ1v) is 9.60. The van der Waals surface area contributed by atoms with Gasteiger partial charge < -0.3 is 20.3 Å². The number of anilines is 2. The molecule has 152 valence electrons. The lowest BCUT2D eigenvalue weighted by Gasteiger charge is -2.24. The second-order valence-corrected chi connectivity index (χ2v) is 6.93. The Kier molecular flexibility index (Phi) is 6.49. The lowest BCUT2D eigenvalue weighted by Crippen LogP contribution is -2.35. The summed E-state index contributed by atoms with van der Waals surface area (Å²) in [7, 11) is 1.54. The number of para-hydroxylation sites is 2. The Morgan fingerprint density at radius 3 is 2.48 bits per heavy atom. The first kappa shape index (κ1) is 20.4. The van der Waals surface area contributed by atoms with Crippen LogP contribution in [-0.4, -0.2) is 37.9 Å². The monoisotopic (exact) mass is 395 g/mol. The van der Waals surface area contributed by atoms with Gasteiger partial charge in [0.15, 0.2) is 0 Å². The smallest absolute Gasteiger partial charge is 0.231 e. The minimum Gasteiger partial charge on any atom is -0.495 e. The largest absolute Gasteiger partial charge is 0.495 e. The highest BCUT2D eigenvalue weighted by atomic mass is 16.5. The van der Waals surface area contributed by atoms with E-state index in [1.54, 1.807) is 17.0 Å². The maximum atomic E-state index is 13.0. The second-order valence-electron chi connectivity index (χ2n) is 6.93. The number of primary amides is 1. The molecule has 0 spiro atoms. The minimum absolute atomic E-state index is 0.0554. The van der Waals surface area contributed by atoms with Gasteiger partial charge in [0.05, 0.1) is 19.2 Å². The lowest BCUT2D eigenvalue weighted by atomic mass is 10.1. The van der Waals surface area contributed by atoms with Crippen molar-refractivity contribution in [3.8, 4) is 5.75 Å². The van der Waals surface area contributed by atoms with Gasteiger partial charge in [-0.1, -0.05) is 24.3 Å². The lowest BCUT2D eigenvalue weighted by molar-refractivity contribution is -0.119. The van der Waals surface area contributed by atoms with Crippen LogP contribution < -0.4 is 20.3 Å². The standard InChI is InChI=1S/C22H25N3O4/c1-29-19-6-3-2-5-18(19)25(14-12-20(23)26)22(28)15-16-8-10-17(11-9-16)24-13-4-7-21(24)27/h2-3,5-6,8-11H,4,7,12-15H2,1H3,(H2,23,26). The van der Waals surface area contributed by atoms with Gasteiger partial charge in [0.1, 0.15) is 5.75 Å². The molecule has 0 radical (unpaired) electrons. The number of methoxy groups -OCH3 is 1. The first-order chi connectivity index (χ1) is 14.0. The van der Waals surface area contributed by atoms with Crippen LogP contribution in [0.3, 0.4) is 0 Å². The number of carbonyl (C=O) groups excluding carboxylic acids is 3. The highest BCUT2D eigenvalue weighted by molar-refractivity contribution is 5.97. The third-order valence-corrected chi connectivity index (χ3v) is 4.94. The van der Waals surface area contributed by atoms with E-state index < -0.39 is 5.91 Å². The molecule has 7 nitrogen and oxygen atoms in total. The molecule has 29 heavy (non-hydrogen) atoms. The minimum atomic E-state index is -0.475. The molecule has 0 atom stereocenters. The van der Waals surface area contributed by atoms with E-state index in [4.69, 9.17) is 10.5 Å². The van der Waals surface area contributed by atoms with E-state index in [0.717, 1.165) is 24.2 Å². The average molecular weight is 395 g/mol. The van der Waals surface area contributed by atoms with E-state index in [1.807, 2.05) is 36.4 Å². The molecule has 7 heteroatoms. The number of rotatable bonds is 8. The van der Waals surface area contributed by atoms with Crippen LogP contribution in [-0.2, 0) is 20.8 Å². The Morgan fingerprint density at radius 2 is 1.86 bits per heavy atom. The van der Waals surface area contributed by atoms with Crippen molar-refractivity contribution in [2.24, 2.45) is 5.73 Å². The van der Waals surface area contributed by atoms with Crippen LogP contribution in [0.4, 0.5) is 11.4 Å². The van der Waals surface area contributed by atoms with Crippen molar-refractivity contribution in [2.75, 3.05) is 30.0 Å². The van der Waals surface area contributed by atoms with Crippen molar-refractivity contribution in [3.63, 3.8) is 0 Å². The van der Waals surface area contributed by atoms with E-state index in [0.29, 0.717) is 17.9 Å². The van der Waals surface area contributed by atoms with Gasteiger partial charge in [-0.2, -0.15) is 0 Å². The molecule has 0 saturated carbocycles. The Bertz CT molecular complexity index is 895. The van der Waals surface area contributed by atoms with Gasteiger partial charge in [0, 0.05) is 31.6 Å². The zero-order chi connectivity index (χ0) is 20.8. The summed E-state index contributed by atoms with van der Waals surface area (Å²) in [6, 6.07) is 14.6. The number of hydrogen-bond acceptors (Lipinski definition) is 4. The van der Waals surface area contributed by atoms with E-state index in [-0.39, 0.29) is 31.2 Å². The van der Waals surface area contributed by atoms with E-state index in [2.05, 4.69) is 0 Å². The number of carbonyl (C=O) groups is 3. The fraction of sp³-hybridized carbons (Fsp3) is 0.318. The summed E-state index contributed by atoms with van der Waals surface area (Å²) in [5, 5.41) is 0. The zero-order valence-electron chi connectivity index (χ0n) is 16.5. The fourth-order valence-corrected chi connectivity index (χ4v) is 3.44. The molecule has 1 saturated heterocycles. The van der Waals surface area contributed by atoms with Gasteiger partial charge in [0.2, 0.25) is 17.7 Å². The molecule has 1 aliphatic heterocycles. The number of benzene rings is 2. The van der Waals surface area contributed by atoms with Crippen molar-refractivity contribution >= 4 is 29.1 Å². The van der Waals surface area contributed by atoms with Crippen LogP contribution >= 0.6 is 0 Å². The molecular weight excluding hydrogens is 370 g/mol. The van der Waals surface area contributed by atoms with E-state index in [9.17, 15) is 14.4 Å². The number of amides is 3. The molecule has 2 N–H and O–H groups in total. The van der Waals surface area contributed by atoms with E-state index in [1.165, 1.54) is 12.0 Å². The van der Waals surface area contributed by atoms with Gasteiger partial charge in [0.25, 0.3) is 0 Å². The van der Waals surface area contributed by atoms with Crippen LogP contribution in [0.5, 0.6) is 5.75 Å². The number of ether oxygens (including phenoxy) is 1. The molecule has 0 aliphatic carbocycles. The van der Waals surface area contributed by atoms with Crippen molar-refractivity contribution in [1.29, 1.82) is 0 Å². The summed E-state index contributed by atoms with van der Waals surface area (Å²) in [6.45, 7) is 0.903. The van der Waals surface area contributed by atoms with Gasteiger partial charge in [-0.25, -0.2) is 0 Å². The van der Waals surface area contributed by atoms with Crippen molar-refractivity contribution in [3.05, 3.63) is 54.1 Å². The summed E-state index contributed by atoms with van der Waals surface area (Å²) >= 11 is 0. The molecule has 1 fully saturated rings. The molecule has 1 aliphatic rings. The first-order valence-electron chi connectivity index (χ1n) is 9.60. The fourth-order valence-electron chi connectivity index (χ4n) is 3.44. The van der Waals surface area contributed by atoms with Gasteiger partial charge in [-0.3, -0.25) is 14.4 Å². The molecule has 2 aromatic carbocycles. The Morgan fingerprint density at radius 1 is 1.14 bits per heavy atom. The highest BCUT2D eigenvalue weighted by Crippen LogP contribution is 2.29. The third-order valence-electron chi connectivity index (χ3n) is 4.94. The number of hydrogen-bond donors (Lipinski definition) is 1. The van der Waals surface area contributed by atoms with Crippen LogP contribution in [0, 0.1) is 0 Å². The maximum Gasteiger partial charge on any atom is 0.231 e. The average Bonchev–Trinajstić information content (AvgIpc) is 3.14.